The number of rotatable bonds is 5. The van der Waals surface area contributed by atoms with Gasteiger partial charge < -0.3 is 15.2 Å². The molecule has 2 atom stereocenters. The molecule has 1 aliphatic rings. The standard InChI is InChI=1S/C24H21N7O2S/c1-13-3-4-16(22-29-24(33-30-22)18-7-14(2)27-18)8-17(13)28-23(32)20-10-25-21-9-15(5-6-31(20)21)19-11-34-12-26-19/h3-6,8-12,14,18,27H,7H2,1-2H3,(H,28,32)/t14-,18?/m0/s1. The first kappa shape index (κ1) is 20.7. The van der Waals surface area contributed by atoms with Gasteiger partial charge in [0.15, 0.2) is 0 Å². The van der Waals surface area contributed by atoms with Crippen LogP contribution in [0.4, 0.5) is 5.69 Å². The van der Waals surface area contributed by atoms with Crippen molar-refractivity contribution in [3.8, 4) is 22.6 Å². The summed E-state index contributed by atoms with van der Waals surface area (Å²) in [5, 5.41) is 12.5. The minimum absolute atomic E-state index is 0.104. The molecular formula is C24H21N7O2S. The molecule has 5 aromatic rings. The highest BCUT2D eigenvalue weighted by molar-refractivity contribution is 7.07. The van der Waals surface area contributed by atoms with Crippen LogP contribution in [-0.2, 0) is 0 Å². The van der Waals surface area contributed by atoms with E-state index in [2.05, 4.69) is 37.7 Å². The highest BCUT2D eigenvalue weighted by atomic mass is 32.1. The molecular weight excluding hydrogens is 450 g/mol. The molecule has 1 aliphatic heterocycles. The van der Waals surface area contributed by atoms with E-state index < -0.39 is 0 Å². The van der Waals surface area contributed by atoms with Gasteiger partial charge in [0.1, 0.15) is 11.3 Å². The van der Waals surface area contributed by atoms with Gasteiger partial charge >= 0.3 is 0 Å². The molecule has 10 heteroatoms. The molecule has 9 nitrogen and oxygen atoms in total. The van der Waals surface area contributed by atoms with Crippen molar-refractivity contribution in [2.45, 2.75) is 32.4 Å². The molecule has 0 bridgehead atoms. The van der Waals surface area contributed by atoms with Gasteiger partial charge in [-0.1, -0.05) is 17.3 Å². The maximum absolute atomic E-state index is 13.1. The Morgan fingerprint density at radius 2 is 2.12 bits per heavy atom. The van der Waals surface area contributed by atoms with Gasteiger partial charge in [-0.05, 0) is 44.0 Å². The van der Waals surface area contributed by atoms with Crippen molar-refractivity contribution in [3.05, 3.63) is 70.8 Å². The lowest BCUT2D eigenvalue weighted by atomic mass is 9.99. The minimum Gasteiger partial charge on any atom is -0.337 e. The second-order valence-corrected chi connectivity index (χ2v) is 9.18. The maximum atomic E-state index is 13.1. The highest BCUT2D eigenvalue weighted by Gasteiger charge is 2.30. The Bertz CT molecular complexity index is 1500. The Kier molecular flexibility index (Phi) is 4.96. The molecule has 4 aromatic heterocycles. The molecule has 2 N–H and O–H groups in total. The Hall–Kier alpha value is -3.89. The zero-order valence-electron chi connectivity index (χ0n) is 18.5. The van der Waals surface area contributed by atoms with Crippen LogP contribution in [0.15, 0.2) is 58.1 Å². The van der Waals surface area contributed by atoms with Crippen molar-refractivity contribution in [1.29, 1.82) is 0 Å². The zero-order chi connectivity index (χ0) is 23.2. The first-order chi connectivity index (χ1) is 16.5. The second-order valence-electron chi connectivity index (χ2n) is 8.46. The molecule has 0 saturated carbocycles. The number of anilines is 1. The molecule has 1 aromatic carbocycles. The molecule has 1 fully saturated rings. The number of carbonyl (C=O) groups excluding carboxylic acids is 1. The molecule has 5 heterocycles. The molecule has 0 spiro atoms. The van der Waals surface area contributed by atoms with Gasteiger partial charge in [0.05, 0.1) is 23.4 Å². The molecule has 34 heavy (non-hydrogen) atoms. The number of benzene rings is 1. The van der Waals surface area contributed by atoms with Crippen molar-refractivity contribution in [2.75, 3.05) is 5.32 Å². The number of hydrogen-bond acceptors (Lipinski definition) is 8. The molecule has 6 rings (SSSR count). The number of aryl methyl sites for hydroxylation is 1. The van der Waals surface area contributed by atoms with Gasteiger partial charge in [-0.3, -0.25) is 9.20 Å². The Balaban J connectivity index is 1.25. The van der Waals surface area contributed by atoms with Crippen molar-refractivity contribution >= 4 is 28.6 Å². The summed E-state index contributed by atoms with van der Waals surface area (Å²) in [6.07, 6.45) is 4.39. The van der Waals surface area contributed by atoms with E-state index in [1.807, 2.05) is 48.8 Å². The van der Waals surface area contributed by atoms with Gasteiger partial charge in [-0.25, -0.2) is 9.97 Å². The first-order valence-electron chi connectivity index (χ1n) is 10.9. The van der Waals surface area contributed by atoms with Crippen LogP contribution in [0.1, 0.15) is 41.3 Å². The molecule has 0 aliphatic carbocycles. The van der Waals surface area contributed by atoms with Gasteiger partial charge in [0, 0.05) is 34.4 Å². The van der Waals surface area contributed by atoms with E-state index in [0.717, 1.165) is 28.8 Å². The summed E-state index contributed by atoms with van der Waals surface area (Å²) < 4.78 is 7.21. The summed E-state index contributed by atoms with van der Waals surface area (Å²) in [5.74, 6) is 0.828. The minimum atomic E-state index is -0.254. The van der Waals surface area contributed by atoms with Crippen LogP contribution >= 0.6 is 11.3 Å². The van der Waals surface area contributed by atoms with E-state index in [9.17, 15) is 4.79 Å². The number of nitrogens with one attached hydrogen (secondary N) is 2. The first-order valence-corrected chi connectivity index (χ1v) is 11.9. The second kappa shape index (κ2) is 8.15. The summed E-state index contributed by atoms with van der Waals surface area (Å²) in [6, 6.07) is 10.1. The summed E-state index contributed by atoms with van der Waals surface area (Å²) >= 11 is 1.54. The fourth-order valence-electron chi connectivity index (χ4n) is 4.08. The number of nitrogens with zero attached hydrogens (tertiary/aromatic N) is 5. The number of imidazole rings is 1. The van der Waals surface area contributed by atoms with E-state index in [1.54, 1.807) is 16.1 Å². The highest BCUT2D eigenvalue weighted by Crippen LogP contribution is 2.29. The van der Waals surface area contributed by atoms with Crippen molar-refractivity contribution in [1.82, 2.24) is 29.8 Å². The monoisotopic (exact) mass is 471 g/mol. The Morgan fingerprint density at radius 3 is 2.91 bits per heavy atom. The van der Waals surface area contributed by atoms with Crippen LogP contribution in [0, 0.1) is 6.92 Å². The van der Waals surface area contributed by atoms with Crippen LogP contribution in [0.3, 0.4) is 0 Å². The quantitative estimate of drug-likeness (QED) is 0.388. The van der Waals surface area contributed by atoms with Crippen LogP contribution < -0.4 is 10.6 Å². The van der Waals surface area contributed by atoms with Crippen molar-refractivity contribution in [2.24, 2.45) is 0 Å². The SMILES string of the molecule is Cc1ccc(-c2noc(C3C[C@H](C)N3)n2)cc1NC(=O)c1cnc2cc(-c3cscn3)ccn12. The average Bonchev–Trinajstić information content (AvgIpc) is 3.58. The molecule has 1 unspecified atom stereocenters. The summed E-state index contributed by atoms with van der Waals surface area (Å²) in [4.78, 5) is 26.4. The predicted molar refractivity (Wildman–Crippen MR) is 129 cm³/mol. The van der Waals surface area contributed by atoms with Crippen LogP contribution in [0.25, 0.3) is 28.3 Å². The summed E-state index contributed by atoms with van der Waals surface area (Å²) in [6.45, 7) is 4.06. The number of aromatic nitrogens is 5. The topological polar surface area (TPSA) is 110 Å². The smallest absolute Gasteiger partial charge is 0.274 e. The van der Waals surface area contributed by atoms with Crippen molar-refractivity contribution < 1.29 is 9.32 Å². The maximum Gasteiger partial charge on any atom is 0.274 e. The van der Waals surface area contributed by atoms with Crippen LogP contribution in [0.5, 0.6) is 0 Å². The third kappa shape index (κ3) is 3.66. The Morgan fingerprint density at radius 1 is 1.24 bits per heavy atom. The normalized spacial score (nSPS) is 17.6. The van der Waals surface area contributed by atoms with E-state index in [-0.39, 0.29) is 11.9 Å². The van der Waals surface area contributed by atoms with Gasteiger partial charge in [-0.2, -0.15) is 4.98 Å². The van der Waals surface area contributed by atoms with Gasteiger partial charge in [0.2, 0.25) is 11.7 Å². The van der Waals surface area contributed by atoms with Gasteiger partial charge in [-0.15, -0.1) is 11.3 Å². The van der Waals surface area contributed by atoms with E-state index in [1.165, 1.54) is 11.3 Å². The van der Waals surface area contributed by atoms with Crippen molar-refractivity contribution in [3.63, 3.8) is 0 Å². The molecule has 1 saturated heterocycles. The lowest BCUT2D eigenvalue weighted by molar-refractivity contribution is 0.102. The number of pyridine rings is 1. The van der Waals surface area contributed by atoms with Crippen LogP contribution in [-0.4, -0.2) is 36.5 Å². The van der Waals surface area contributed by atoms with E-state index in [4.69, 9.17) is 4.52 Å². The van der Waals surface area contributed by atoms with E-state index in [0.29, 0.717) is 34.8 Å². The molecule has 170 valence electrons. The van der Waals surface area contributed by atoms with Gasteiger partial charge in [0.25, 0.3) is 5.91 Å². The number of hydrogen-bond donors (Lipinski definition) is 2. The molecule has 1 amide bonds. The Labute approximate surface area is 198 Å². The average molecular weight is 472 g/mol. The number of carbonyl (C=O) groups is 1. The number of thiazole rings is 1. The summed E-state index contributed by atoms with van der Waals surface area (Å²) in [7, 11) is 0. The lowest BCUT2D eigenvalue weighted by Crippen LogP contribution is -2.43. The number of fused-ring (bicyclic) bond motifs is 1. The third-order valence-corrected chi connectivity index (χ3v) is 6.62. The fourth-order valence-corrected chi connectivity index (χ4v) is 4.64. The summed E-state index contributed by atoms with van der Waals surface area (Å²) in [5.41, 5.74) is 7.14. The fraction of sp³-hybridized carbons (Fsp3) is 0.208. The predicted octanol–water partition coefficient (Wildman–Crippen LogP) is 4.49. The van der Waals surface area contributed by atoms with Crippen LogP contribution in [0.2, 0.25) is 0 Å². The zero-order valence-corrected chi connectivity index (χ0v) is 19.3. The molecule has 0 radical (unpaired) electrons. The van der Waals surface area contributed by atoms with E-state index >= 15 is 0 Å². The lowest BCUT2D eigenvalue weighted by Gasteiger charge is -2.31. The third-order valence-electron chi connectivity index (χ3n) is 6.03. The largest absolute Gasteiger partial charge is 0.337 e. The number of amides is 1.